The van der Waals surface area contributed by atoms with Gasteiger partial charge in [-0.2, -0.15) is 4.98 Å². The highest BCUT2D eigenvalue weighted by molar-refractivity contribution is 7.98. The van der Waals surface area contributed by atoms with Crippen molar-refractivity contribution in [3.05, 3.63) is 48.4 Å². The summed E-state index contributed by atoms with van der Waals surface area (Å²) in [4.78, 5) is 4.41. The van der Waals surface area contributed by atoms with E-state index in [0.717, 1.165) is 11.1 Å². The van der Waals surface area contributed by atoms with E-state index in [4.69, 9.17) is 23.2 Å². The molecular weight excluding hydrogens is 396 g/mol. The first-order chi connectivity index (χ1) is 14.3. The van der Waals surface area contributed by atoms with Crippen molar-refractivity contribution in [2.45, 2.75) is 11.0 Å². The minimum absolute atomic E-state index is 0.213. The molecule has 0 amide bonds. The summed E-state index contributed by atoms with van der Waals surface area (Å²) in [6, 6.07) is 12.9. The number of hydrogen-bond acceptors (Lipinski definition) is 10. The number of nitrogens with zero attached hydrogens (tertiary/aromatic N) is 4. The third kappa shape index (κ3) is 3.49. The van der Waals surface area contributed by atoms with E-state index in [1.54, 1.807) is 7.11 Å². The van der Waals surface area contributed by atoms with Crippen molar-refractivity contribution in [2.75, 3.05) is 13.9 Å². The van der Waals surface area contributed by atoms with Gasteiger partial charge in [0.15, 0.2) is 11.5 Å². The zero-order valence-electron chi connectivity index (χ0n) is 15.2. The Bertz CT molecular complexity index is 1160. The minimum atomic E-state index is 0.213. The number of hydrogen-bond donors (Lipinski definition) is 0. The fourth-order valence-electron chi connectivity index (χ4n) is 2.79. The number of benzene rings is 2. The maximum atomic E-state index is 5.71. The molecular formula is C19H14N4O5S. The van der Waals surface area contributed by atoms with E-state index in [-0.39, 0.29) is 6.79 Å². The number of para-hydroxylation sites is 1. The molecule has 10 heteroatoms. The summed E-state index contributed by atoms with van der Waals surface area (Å²) in [6.07, 6.45) is 0. The number of rotatable bonds is 6. The second-order valence-electron chi connectivity index (χ2n) is 5.94. The van der Waals surface area contributed by atoms with E-state index in [1.165, 1.54) is 11.8 Å². The third-order valence-corrected chi connectivity index (χ3v) is 4.96. The van der Waals surface area contributed by atoms with Crippen LogP contribution in [0.5, 0.6) is 17.2 Å². The quantitative estimate of drug-likeness (QED) is 0.436. The Hall–Kier alpha value is -3.53. The van der Waals surface area contributed by atoms with Crippen molar-refractivity contribution < 1.29 is 23.2 Å². The Balaban J connectivity index is 1.28. The number of ether oxygens (including phenoxy) is 3. The van der Waals surface area contributed by atoms with Gasteiger partial charge < -0.3 is 23.2 Å². The van der Waals surface area contributed by atoms with Crippen LogP contribution in [0.3, 0.4) is 0 Å². The largest absolute Gasteiger partial charge is 0.496 e. The lowest BCUT2D eigenvalue weighted by Gasteiger charge is -2.02. The Morgan fingerprint density at radius 1 is 1.07 bits per heavy atom. The molecule has 1 aliphatic heterocycles. The number of fused-ring (bicyclic) bond motifs is 1. The zero-order valence-corrected chi connectivity index (χ0v) is 16.0. The van der Waals surface area contributed by atoms with Crippen LogP contribution in [0.4, 0.5) is 0 Å². The topological polar surface area (TPSA) is 106 Å². The molecule has 146 valence electrons. The van der Waals surface area contributed by atoms with Gasteiger partial charge >= 0.3 is 0 Å². The van der Waals surface area contributed by atoms with Crippen LogP contribution in [0.25, 0.3) is 22.8 Å². The molecule has 0 radical (unpaired) electrons. The van der Waals surface area contributed by atoms with Crippen LogP contribution in [-0.4, -0.2) is 34.2 Å². The van der Waals surface area contributed by atoms with E-state index < -0.39 is 0 Å². The van der Waals surface area contributed by atoms with Crippen molar-refractivity contribution in [2.24, 2.45) is 0 Å². The van der Waals surface area contributed by atoms with Crippen molar-refractivity contribution in [1.29, 1.82) is 0 Å². The Labute approximate surface area is 169 Å². The van der Waals surface area contributed by atoms with Gasteiger partial charge in [0, 0.05) is 5.56 Å². The maximum Gasteiger partial charge on any atom is 0.277 e. The fourth-order valence-corrected chi connectivity index (χ4v) is 3.39. The Kier molecular flexibility index (Phi) is 4.53. The maximum absolute atomic E-state index is 5.71. The molecule has 1 aliphatic rings. The molecule has 4 aromatic rings. The SMILES string of the molecule is COc1ccccc1-c1noc(CSc2nnc(-c3ccc4c(c3)OCO4)o2)n1. The van der Waals surface area contributed by atoms with Crippen molar-refractivity contribution in [3.8, 4) is 40.1 Å². The molecule has 5 rings (SSSR count). The van der Waals surface area contributed by atoms with Gasteiger partial charge in [-0.1, -0.05) is 29.1 Å². The lowest BCUT2D eigenvalue weighted by Crippen LogP contribution is -1.92. The Morgan fingerprint density at radius 3 is 2.90 bits per heavy atom. The first kappa shape index (κ1) is 17.6. The van der Waals surface area contributed by atoms with Crippen LogP contribution in [0.1, 0.15) is 5.89 Å². The molecule has 3 heterocycles. The lowest BCUT2D eigenvalue weighted by atomic mass is 10.2. The average Bonchev–Trinajstić information content (AvgIpc) is 3.52. The molecule has 0 atom stereocenters. The van der Waals surface area contributed by atoms with Gasteiger partial charge in [-0.05, 0) is 30.3 Å². The summed E-state index contributed by atoms with van der Waals surface area (Å²) in [7, 11) is 1.60. The smallest absolute Gasteiger partial charge is 0.277 e. The highest BCUT2D eigenvalue weighted by Crippen LogP contribution is 2.36. The normalized spacial score (nSPS) is 12.3. The van der Waals surface area contributed by atoms with Crippen LogP contribution in [0.15, 0.2) is 56.6 Å². The summed E-state index contributed by atoms with van der Waals surface area (Å²) in [6.45, 7) is 0.213. The molecule has 0 bridgehead atoms. The van der Waals surface area contributed by atoms with Gasteiger partial charge in [0.25, 0.3) is 5.22 Å². The van der Waals surface area contributed by atoms with Gasteiger partial charge in [0.2, 0.25) is 24.4 Å². The molecule has 9 nitrogen and oxygen atoms in total. The molecule has 2 aromatic carbocycles. The van der Waals surface area contributed by atoms with Gasteiger partial charge in [-0.15, -0.1) is 10.2 Å². The van der Waals surface area contributed by atoms with Crippen molar-refractivity contribution in [3.63, 3.8) is 0 Å². The second-order valence-corrected chi connectivity index (χ2v) is 6.87. The van der Waals surface area contributed by atoms with E-state index in [9.17, 15) is 0 Å². The van der Waals surface area contributed by atoms with Gasteiger partial charge in [0.1, 0.15) is 5.75 Å². The standard InChI is InChI=1S/C19H14N4O5S/c1-24-13-5-3-2-4-12(13)17-20-16(28-23-17)9-29-19-22-21-18(27-19)11-6-7-14-15(8-11)26-10-25-14/h2-8H,9-10H2,1H3. The molecule has 0 unspecified atom stereocenters. The summed E-state index contributed by atoms with van der Waals surface area (Å²) in [5, 5.41) is 12.6. The molecule has 0 aliphatic carbocycles. The summed E-state index contributed by atoms with van der Waals surface area (Å²) in [5.41, 5.74) is 1.52. The molecule has 0 fully saturated rings. The first-order valence-electron chi connectivity index (χ1n) is 8.62. The number of thioether (sulfide) groups is 1. The van der Waals surface area contributed by atoms with Crippen LogP contribution in [0.2, 0.25) is 0 Å². The number of methoxy groups -OCH3 is 1. The predicted octanol–water partition coefficient (Wildman–Crippen LogP) is 3.82. The third-order valence-electron chi connectivity index (χ3n) is 4.16. The lowest BCUT2D eigenvalue weighted by molar-refractivity contribution is 0.174. The van der Waals surface area contributed by atoms with E-state index in [1.807, 2.05) is 42.5 Å². The molecule has 29 heavy (non-hydrogen) atoms. The van der Waals surface area contributed by atoms with Crippen LogP contribution in [0, 0.1) is 0 Å². The molecule has 0 N–H and O–H groups in total. The predicted molar refractivity (Wildman–Crippen MR) is 102 cm³/mol. The average molecular weight is 410 g/mol. The van der Waals surface area contributed by atoms with Crippen LogP contribution >= 0.6 is 11.8 Å². The summed E-state index contributed by atoms with van der Waals surface area (Å²) >= 11 is 1.31. The summed E-state index contributed by atoms with van der Waals surface area (Å²) in [5.74, 6) is 3.73. The molecule has 2 aromatic heterocycles. The fraction of sp³-hybridized carbons (Fsp3) is 0.158. The second kappa shape index (κ2) is 7.47. The highest BCUT2D eigenvalue weighted by atomic mass is 32.2. The van der Waals surface area contributed by atoms with Gasteiger partial charge in [-0.25, -0.2) is 0 Å². The molecule has 0 saturated carbocycles. The monoisotopic (exact) mass is 410 g/mol. The van der Waals surface area contributed by atoms with Crippen molar-refractivity contribution >= 4 is 11.8 Å². The minimum Gasteiger partial charge on any atom is -0.496 e. The van der Waals surface area contributed by atoms with Crippen LogP contribution < -0.4 is 14.2 Å². The van der Waals surface area contributed by atoms with Gasteiger partial charge in [0.05, 0.1) is 18.4 Å². The molecule has 0 saturated heterocycles. The highest BCUT2D eigenvalue weighted by Gasteiger charge is 2.18. The number of aromatic nitrogens is 4. The van der Waals surface area contributed by atoms with Gasteiger partial charge in [-0.3, -0.25) is 0 Å². The molecule has 0 spiro atoms. The van der Waals surface area contributed by atoms with E-state index in [2.05, 4.69) is 20.3 Å². The van der Waals surface area contributed by atoms with E-state index in [0.29, 0.717) is 45.8 Å². The van der Waals surface area contributed by atoms with Crippen LogP contribution in [-0.2, 0) is 5.75 Å². The summed E-state index contributed by atoms with van der Waals surface area (Å²) < 4.78 is 27.1. The Morgan fingerprint density at radius 2 is 1.97 bits per heavy atom. The zero-order chi connectivity index (χ0) is 19.6. The van der Waals surface area contributed by atoms with E-state index >= 15 is 0 Å². The first-order valence-corrected chi connectivity index (χ1v) is 9.61. The van der Waals surface area contributed by atoms with Crippen molar-refractivity contribution in [1.82, 2.24) is 20.3 Å².